The van der Waals surface area contributed by atoms with Crippen LogP contribution in [0.5, 0.6) is 11.5 Å². The first-order valence-corrected chi connectivity index (χ1v) is 6.47. The molecule has 20 heavy (non-hydrogen) atoms. The molecule has 5 heteroatoms. The molecule has 0 bridgehead atoms. The van der Waals surface area contributed by atoms with Gasteiger partial charge in [-0.15, -0.1) is 11.6 Å². The quantitative estimate of drug-likeness (QED) is 0.767. The molecular formula is C15H13ClF2O2. The van der Waals surface area contributed by atoms with Crippen molar-refractivity contribution in [3.8, 4) is 11.5 Å². The summed E-state index contributed by atoms with van der Waals surface area (Å²) in [6.45, 7) is 0.00231. The first-order valence-electron chi connectivity index (χ1n) is 5.93. The average molecular weight is 299 g/mol. The van der Waals surface area contributed by atoms with Crippen molar-refractivity contribution < 1.29 is 18.3 Å². The summed E-state index contributed by atoms with van der Waals surface area (Å²) in [7, 11) is 1.56. The summed E-state index contributed by atoms with van der Waals surface area (Å²) in [6.07, 6.45) is 0. The normalized spacial score (nSPS) is 10.4. The lowest BCUT2D eigenvalue weighted by Crippen LogP contribution is -2.01. The molecule has 2 rings (SSSR count). The van der Waals surface area contributed by atoms with Crippen molar-refractivity contribution in [2.45, 2.75) is 12.5 Å². The predicted molar refractivity (Wildman–Crippen MR) is 73.2 cm³/mol. The largest absolute Gasteiger partial charge is 0.497 e. The van der Waals surface area contributed by atoms with Crippen LogP contribution in [-0.2, 0) is 12.5 Å². The molecule has 0 saturated carbocycles. The number of halogens is 3. The maximum atomic E-state index is 13.5. The highest BCUT2D eigenvalue weighted by atomic mass is 35.5. The number of benzene rings is 2. The van der Waals surface area contributed by atoms with Gasteiger partial charge in [-0.3, -0.25) is 0 Å². The van der Waals surface area contributed by atoms with Gasteiger partial charge in [0.15, 0.2) is 0 Å². The summed E-state index contributed by atoms with van der Waals surface area (Å²) in [5.41, 5.74) is 1.02. The number of ether oxygens (including phenoxy) is 2. The Kier molecular flexibility index (Phi) is 4.79. The maximum absolute atomic E-state index is 13.5. The molecule has 0 unspecified atom stereocenters. The molecule has 0 spiro atoms. The maximum Gasteiger partial charge on any atom is 0.132 e. The zero-order valence-electron chi connectivity index (χ0n) is 10.8. The van der Waals surface area contributed by atoms with Crippen LogP contribution in [0.1, 0.15) is 11.1 Å². The number of methoxy groups -OCH3 is 1. The van der Waals surface area contributed by atoms with E-state index < -0.39 is 11.6 Å². The van der Waals surface area contributed by atoms with Crippen LogP contribution in [0.2, 0.25) is 0 Å². The molecule has 0 atom stereocenters. The fraction of sp³-hybridized carbons (Fsp3) is 0.200. The molecule has 106 valence electrons. The standard InChI is InChI=1S/C15H13ClF2O2/c1-19-13-4-5-15(11(6-13)8-16)20-9-10-2-3-12(17)7-14(10)18/h2-7H,8-9H2,1H3. The molecule has 0 fully saturated rings. The third-order valence-corrected chi connectivity index (χ3v) is 3.10. The van der Waals surface area contributed by atoms with Gasteiger partial charge in [0.1, 0.15) is 29.7 Å². The second-order valence-corrected chi connectivity index (χ2v) is 4.40. The zero-order valence-corrected chi connectivity index (χ0v) is 11.6. The van der Waals surface area contributed by atoms with E-state index in [1.165, 1.54) is 12.1 Å². The molecule has 0 aliphatic heterocycles. The average Bonchev–Trinajstić information content (AvgIpc) is 2.46. The molecule has 0 amide bonds. The molecule has 2 aromatic carbocycles. The molecule has 0 aliphatic carbocycles. The van der Waals surface area contributed by atoms with Crippen LogP contribution < -0.4 is 9.47 Å². The first kappa shape index (κ1) is 14.6. The summed E-state index contributed by atoms with van der Waals surface area (Å²) >= 11 is 5.84. The minimum Gasteiger partial charge on any atom is -0.497 e. The first-order chi connectivity index (χ1) is 9.63. The minimum atomic E-state index is -0.633. The SMILES string of the molecule is COc1ccc(OCc2ccc(F)cc2F)c(CCl)c1. The zero-order chi connectivity index (χ0) is 14.5. The molecule has 0 N–H and O–H groups in total. The van der Waals surface area contributed by atoms with Crippen molar-refractivity contribution in [3.05, 3.63) is 59.2 Å². The van der Waals surface area contributed by atoms with E-state index in [0.717, 1.165) is 11.6 Å². The van der Waals surface area contributed by atoms with Crippen molar-refractivity contribution in [2.75, 3.05) is 7.11 Å². The number of alkyl halides is 1. The Balaban J connectivity index is 2.14. The second-order valence-electron chi connectivity index (χ2n) is 4.13. The third-order valence-electron chi connectivity index (χ3n) is 2.81. The Morgan fingerprint density at radius 1 is 1.05 bits per heavy atom. The van der Waals surface area contributed by atoms with E-state index in [-0.39, 0.29) is 18.1 Å². The highest BCUT2D eigenvalue weighted by Gasteiger charge is 2.08. The minimum absolute atomic E-state index is 0.00231. The van der Waals surface area contributed by atoms with Gasteiger partial charge in [-0.2, -0.15) is 0 Å². The van der Waals surface area contributed by atoms with Gasteiger partial charge in [0.2, 0.25) is 0 Å². The fourth-order valence-electron chi connectivity index (χ4n) is 1.72. The summed E-state index contributed by atoms with van der Waals surface area (Å²) in [5, 5.41) is 0. The van der Waals surface area contributed by atoms with E-state index in [1.54, 1.807) is 25.3 Å². The van der Waals surface area contributed by atoms with Crippen LogP contribution in [-0.4, -0.2) is 7.11 Å². The highest BCUT2D eigenvalue weighted by Crippen LogP contribution is 2.26. The van der Waals surface area contributed by atoms with Crippen LogP contribution in [0.15, 0.2) is 36.4 Å². The van der Waals surface area contributed by atoms with E-state index in [1.807, 2.05) is 0 Å². The molecular weight excluding hydrogens is 286 g/mol. The van der Waals surface area contributed by atoms with Crippen LogP contribution >= 0.6 is 11.6 Å². The molecule has 2 aromatic rings. The van der Waals surface area contributed by atoms with Crippen LogP contribution in [0.4, 0.5) is 8.78 Å². The summed E-state index contributed by atoms with van der Waals surface area (Å²) < 4.78 is 36.9. The van der Waals surface area contributed by atoms with Gasteiger partial charge < -0.3 is 9.47 Å². The lowest BCUT2D eigenvalue weighted by molar-refractivity contribution is 0.296. The second kappa shape index (κ2) is 6.57. The molecule has 0 aliphatic rings. The number of rotatable bonds is 5. The van der Waals surface area contributed by atoms with Crippen molar-refractivity contribution in [3.63, 3.8) is 0 Å². The van der Waals surface area contributed by atoms with Crippen LogP contribution in [0, 0.1) is 11.6 Å². The third kappa shape index (κ3) is 3.39. The Labute approximate surface area is 120 Å². The van der Waals surface area contributed by atoms with E-state index in [0.29, 0.717) is 11.5 Å². The summed E-state index contributed by atoms with van der Waals surface area (Å²) in [4.78, 5) is 0. The van der Waals surface area contributed by atoms with Gasteiger partial charge >= 0.3 is 0 Å². The van der Waals surface area contributed by atoms with Crippen LogP contribution in [0.25, 0.3) is 0 Å². The van der Waals surface area contributed by atoms with Crippen molar-refractivity contribution in [1.29, 1.82) is 0 Å². The Bertz CT molecular complexity index is 602. The number of hydrogen-bond acceptors (Lipinski definition) is 2. The fourth-order valence-corrected chi connectivity index (χ4v) is 1.93. The van der Waals surface area contributed by atoms with Gasteiger partial charge in [-0.05, 0) is 30.3 Å². The summed E-state index contributed by atoms with van der Waals surface area (Å²) in [6, 6.07) is 8.57. The molecule has 2 nitrogen and oxygen atoms in total. The van der Waals surface area contributed by atoms with Crippen molar-refractivity contribution >= 4 is 11.6 Å². The van der Waals surface area contributed by atoms with Crippen molar-refractivity contribution in [2.24, 2.45) is 0 Å². The smallest absolute Gasteiger partial charge is 0.132 e. The highest BCUT2D eigenvalue weighted by molar-refractivity contribution is 6.17. The van der Waals surface area contributed by atoms with Gasteiger partial charge in [-0.1, -0.05) is 0 Å². The topological polar surface area (TPSA) is 18.5 Å². The predicted octanol–water partition coefficient (Wildman–Crippen LogP) is 4.29. The monoisotopic (exact) mass is 298 g/mol. The van der Waals surface area contributed by atoms with Gasteiger partial charge in [0.05, 0.1) is 13.0 Å². The van der Waals surface area contributed by atoms with Crippen LogP contribution in [0.3, 0.4) is 0 Å². The number of hydrogen-bond donors (Lipinski definition) is 0. The Morgan fingerprint density at radius 3 is 2.50 bits per heavy atom. The van der Waals surface area contributed by atoms with E-state index in [2.05, 4.69) is 0 Å². The van der Waals surface area contributed by atoms with Gasteiger partial charge in [-0.25, -0.2) is 8.78 Å². The molecule has 0 saturated heterocycles. The van der Waals surface area contributed by atoms with Gasteiger partial charge in [0.25, 0.3) is 0 Å². The Hall–Kier alpha value is -1.81. The Morgan fingerprint density at radius 2 is 1.85 bits per heavy atom. The summed E-state index contributed by atoms with van der Waals surface area (Å²) in [5.74, 6) is 0.215. The van der Waals surface area contributed by atoms with E-state index >= 15 is 0 Å². The molecule has 0 heterocycles. The van der Waals surface area contributed by atoms with E-state index in [4.69, 9.17) is 21.1 Å². The van der Waals surface area contributed by atoms with Crippen molar-refractivity contribution in [1.82, 2.24) is 0 Å². The molecule has 0 aromatic heterocycles. The lowest BCUT2D eigenvalue weighted by atomic mass is 10.2. The van der Waals surface area contributed by atoms with E-state index in [9.17, 15) is 8.78 Å². The van der Waals surface area contributed by atoms with Gasteiger partial charge in [0, 0.05) is 17.2 Å². The molecule has 0 radical (unpaired) electrons. The lowest BCUT2D eigenvalue weighted by Gasteiger charge is -2.12.